The summed E-state index contributed by atoms with van der Waals surface area (Å²) in [5, 5.41) is 17.7. The van der Waals surface area contributed by atoms with Crippen LogP contribution in [0.25, 0.3) is 0 Å². The molecule has 0 aromatic rings. The molecule has 0 spiro atoms. The molecule has 11 heavy (non-hydrogen) atoms. The highest BCUT2D eigenvalue weighted by molar-refractivity contribution is 5.14. The summed E-state index contributed by atoms with van der Waals surface area (Å²) in [6.07, 6.45) is -2.60. The van der Waals surface area contributed by atoms with Crippen molar-refractivity contribution in [1.82, 2.24) is 0 Å². The zero-order valence-electron chi connectivity index (χ0n) is 6.09. The van der Waals surface area contributed by atoms with Crippen LogP contribution in [0.3, 0.4) is 0 Å². The minimum absolute atomic E-state index is 0.410. The molecule has 0 aromatic carbocycles. The van der Waals surface area contributed by atoms with E-state index < -0.39 is 24.6 Å². The normalized spacial score (nSPS) is 36.6. The van der Waals surface area contributed by atoms with Crippen LogP contribution in [0.1, 0.15) is 13.3 Å². The molecular weight excluding hydrogens is 154 g/mol. The standard InChI is InChI=1S/C7H10F2O2/c1-4-2-5(10)6(11)7(8,9)3-4/h2,5-6,10-11H,3H2,1H3. The molecule has 1 aliphatic carbocycles. The lowest BCUT2D eigenvalue weighted by atomic mass is 9.92. The van der Waals surface area contributed by atoms with Gasteiger partial charge in [-0.3, -0.25) is 0 Å². The molecule has 0 heterocycles. The van der Waals surface area contributed by atoms with Gasteiger partial charge in [-0.05, 0) is 6.92 Å². The lowest BCUT2D eigenvalue weighted by Crippen LogP contribution is -2.44. The smallest absolute Gasteiger partial charge is 0.279 e. The van der Waals surface area contributed by atoms with Crippen LogP contribution in [0.2, 0.25) is 0 Å². The number of aliphatic hydroxyl groups is 2. The Hall–Kier alpha value is -0.480. The lowest BCUT2D eigenvalue weighted by Gasteiger charge is -2.29. The minimum atomic E-state index is -3.18. The predicted octanol–water partition coefficient (Wildman–Crippen LogP) is 0.694. The van der Waals surface area contributed by atoms with Crippen LogP contribution in [0.4, 0.5) is 8.78 Å². The second-order valence-corrected chi connectivity index (χ2v) is 2.89. The van der Waals surface area contributed by atoms with Gasteiger partial charge in [-0.15, -0.1) is 0 Å². The van der Waals surface area contributed by atoms with E-state index in [9.17, 15) is 8.78 Å². The summed E-state index contributed by atoms with van der Waals surface area (Å²) in [6, 6.07) is 0. The molecule has 1 aliphatic rings. The zero-order chi connectivity index (χ0) is 8.65. The van der Waals surface area contributed by atoms with Crippen molar-refractivity contribution >= 4 is 0 Å². The SMILES string of the molecule is CC1=CC(O)C(O)C(F)(F)C1. The largest absolute Gasteiger partial charge is 0.386 e. The third kappa shape index (κ3) is 1.57. The average molecular weight is 164 g/mol. The van der Waals surface area contributed by atoms with Crippen LogP contribution in [0, 0.1) is 0 Å². The Balaban J connectivity index is 2.85. The van der Waals surface area contributed by atoms with Crippen LogP contribution in [-0.4, -0.2) is 28.3 Å². The van der Waals surface area contributed by atoms with Crippen molar-refractivity contribution in [3.8, 4) is 0 Å². The van der Waals surface area contributed by atoms with E-state index in [1.165, 1.54) is 13.0 Å². The number of halogens is 2. The maximum Gasteiger partial charge on any atom is 0.279 e. The Bertz CT molecular complexity index is 189. The lowest BCUT2D eigenvalue weighted by molar-refractivity contribution is -0.146. The van der Waals surface area contributed by atoms with E-state index in [1.54, 1.807) is 0 Å². The van der Waals surface area contributed by atoms with Crippen molar-refractivity contribution in [2.24, 2.45) is 0 Å². The van der Waals surface area contributed by atoms with Crippen LogP contribution in [0.5, 0.6) is 0 Å². The van der Waals surface area contributed by atoms with Gasteiger partial charge in [-0.1, -0.05) is 11.6 Å². The molecule has 4 heteroatoms. The molecule has 0 amide bonds. The maximum atomic E-state index is 12.6. The summed E-state index contributed by atoms with van der Waals surface area (Å²) in [6.45, 7) is 1.50. The first-order valence-corrected chi connectivity index (χ1v) is 3.35. The van der Waals surface area contributed by atoms with E-state index >= 15 is 0 Å². The maximum absolute atomic E-state index is 12.6. The molecule has 2 nitrogen and oxygen atoms in total. The van der Waals surface area contributed by atoms with Gasteiger partial charge in [0.05, 0.1) is 0 Å². The molecule has 0 aliphatic heterocycles. The highest BCUT2D eigenvalue weighted by Gasteiger charge is 2.44. The van der Waals surface area contributed by atoms with Gasteiger partial charge in [0.15, 0.2) is 0 Å². The third-order valence-electron chi connectivity index (χ3n) is 1.73. The summed E-state index contributed by atoms with van der Waals surface area (Å²) < 4.78 is 25.3. The second-order valence-electron chi connectivity index (χ2n) is 2.89. The van der Waals surface area contributed by atoms with E-state index in [0.29, 0.717) is 5.57 Å². The Kier molecular flexibility index (Phi) is 1.98. The van der Waals surface area contributed by atoms with E-state index in [2.05, 4.69) is 0 Å². The summed E-state index contributed by atoms with van der Waals surface area (Å²) in [7, 11) is 0. The highest BCUT2D eigenvalue weighted by Crippen LogP contribution is 2.33. The van der Waals surface area contributed by atoms with Gasteiger partial charge in [-0.2, -0.15) is 0 Å². The molecule has 2 unspecified atom stereocenters. The van der Waals surface area contributed by atoms with Crippen LogP contribution in [0.15, 0.2) is 11.6 Å². The number of rotatable bonds is 0. The fraction of sp³-hybridized carbons (Fsp3) is 0.714. The number of allylic oxidation sites excluding steroid dienone is 1. The molecule has 64 valence electrons. The highest BCUT2D eigenvalue weighted by atomic mass is 19.3. The van der Waals surface area contributed by atoms with Gasteiger partial charge in [0.1, 0.15) is 12.2 Å². The van der Waals surface area contributed by atoms with E-state index in [0.717, 1.165) is 0 Å². The van der Waals surface area contributed by atoms with Gasteiger partial charge in [0.2, 0.25) is 0 Å². The third-order valence-corrected chi connectivity index (χ3v) is 1.73. The summed E-state index contributed by atoms with van der Waals surface area (Å²) in [5.74, 6) is -3.18. The van der Waals surface area contributed by atoms with Crippen LogP contribution in [-0.2, 0) is 0 Å². The Morgan fingerprint density at radius 1 is 1.55 bits per heavy atom. The fourth-order valence-electron chi connectivity index (χ4n) is 1.17. The number of hydrogen-bond acceptors (Lipinski definition) is 2. The van der Waals surface area contributed by atoms with Crippen molar-refractivity contribution in [3.05, 3.63) is 11.6 Å². The molecule has 2 atom stereocenters. The second kappa shape index (κ2) is 2.53. The minimum Gasteiger partial charge on any atom is -0.386 e. The van der Waals surface area contributed by atoms with Gasteiger partial charge < -0.3 is 10.2 Å². The molecule has 0 radical (unpaired) electrons. The number of aliphatic hydroxyl groups excluding tert-OH is 2. The average Bonchev–Trinajstić information content (AvgIpc) is 1.81. The summed E-state index contributed by atoms with van der Waals surface area (Å²) in [4.78, 5) is 0. The number of hydrogen-bond donors (Lipinski definition) is 2. The quantitative estimate of drug-likeness (QED) is 0.517. The first kappa shape index (κ1) is 8.62. The van der Waals surface area contributed by atoms with Crippen molar-refractivity contribution in [1.29, 1.82) is 0 Å². The van der Waals surface area contributed by atoms with Crippen molar-refractivity contribution < 1.29 is 19.0 Å². The molecule has 0 bridgehead atoms. The van der Waals surface area contributed by atoms with E-state index in [1.807, 2.05) is 0 Å². The molecule has 0 saturated heterocycles. The number of alkyl halides is 2. The zero-order valence-corrected chi connectivity index (χ0v) is 6.09. The first-order valence-electron chi connectivity index (χ1n) is 3.35. The van der Waals surface area contributed by atoms with Crippen molar-refractivity contribution in [2.45, 2.75) is 31.5 Å². The van der Waals surface area contributed by atoms with Crippen LogP contribution >= 0.6 is 0 Å². The molecule has 0 aromatic heterocycles. The molecule has 0 fully saturated rings. The molecule has 0 saturated carbocycles. The van der Waals surface area contributed by atoms with Gasteiger partial charge >= 0.3 is 0 Å². The summed E-state index contributed by atoms with van der Waals surface area (Å²) >= 11 is 0. The Morgan fingerprint density at radius 2 is 2.09 bits per heavy atom. The first-order chi connectivity index (χ1) is 4.93. The van der Waals surface area contributed by atoms with Gasteiger partial charge in [-0.25, -0.2) is 8.78 Å². The van der Waals surface area contributed by atoms with Gasteiger partial charge in [0.25, 0.3) is 5.92 Å². The monoisotopic (exact) mass is 164 g/mol. The van der Waals surface area contributed by atoms with Crippen molar-refractivity contribution in [3.63, 3.8) is 0 Å². The van der Waals surface area contributed by atoms with Gasteiger partial charge in [0, 0.05) is 6.42 Å². The van der Waals surface area contributed by atoms with E-state index in [4.69, 9.17) is 10.2 Å². The molecular formula is C7H10F2O2. The Labute approximate surface area is 63.2 Å². The predicted molar refractivity (Wildman–Crippen MR) is 35.3 cm³/mol. The Morgan fingerprint density at radius 3 is 2.55 bits per heavy atom. The molecule has 2 N–H and O–H groups in total. The topological polar surface area (TPSA) is 40.5 Å². The fourth-order valence-corrected chi connectivity index (χ4v) is 1.17. The summed E-state index contributed by atoms with van der Waals surface area (Å²) in [5.41, 5.74) is 0.410. The van der Waals surface area contributed by atoms with Crippen LogP contribution < -0.4 is 0 Å². The van der Waals surface area contributed by atoms with Crippen molar-refractivity contribution in [2.75, 3.05) is 0 Å². The molecule has 1 rings (SSSR count). The van der Waals surface area contributed by atoms with E-state index in [-0.39, 0.29) is 0 Å².